The molecule has 5 heteroatoms. The summed E-state index contributed by atoms with van der Waals surface area (Å²) in [5.74, 6) is 0. The molecule has 1 fully saturated rings. The number of fused-ring (bicyclic) bond motifs is 1. The van der Waals surface area contributed by atoms with Gasteiger partial charge in [-0.3, -0.25) is 4.79 Å². The van der Waals surface area contributed by atoms with Crippen LogP contribution < -0.4 is 5.73 Å². The molecule has 0 atom stereocenters. The minimum Gasteiger partial charge on any atom is -0.400 e. The molecule has 4 nitrogen and oxygen atoms in total. The second-order valence-corrected chi connectivity index (χ2v) is 7.42. The summed E-state index contributed by atoms with van der Waals surface area (Å²) < 4.78 is 12.2. The van der Waals surface area contributed by atoms with Gasteiger partial charge in [0.15, 0.2) is 6.29 Å². The van der Waals surface area contributed by atoms with E-state index in [1.165, 1.54) is 0 Å². The first-order chi connectivity index (χ1) is 11.8. The maximum atomic E-state index is 11.5. The number of aldehydes is 1. The fourth-order valence-electron chi connectivity index (χ4n) is 2.98. The van der Waals surface area contributed by atoms with Crippen molar-refractivity contribution in [2.24, 2.45) is 5.73 Å². The molecule has 0 unspecified atom stereocenters. The molecule has 1 aliphatic heterocycles. The van der Waals surface area contributed by atoms with Gasteiger partial charge in [-0.25, -0.2) is 0 Å². The van der Waals surface area contributed by atoms with Gasteiger partial charge in [0.05, 0.1) is 11.2 Å². The molecule has 0 aromatic heterocycles. The molecule has 3 rings (SSSR count). The van der Waals surface area contributed by atoms with E-state index in [9.17, 15) is 4.79 Å². The van der Waals surface area contributed by atoms with Crippen LogP contribution in [0.1, 0.15) is 43.6 Å². The van der Waals surface area contributed by atoms with Crippen LogP contribution in [0.25, 0.3) is 16.8 Å². The molecule has 130 valence electrons. The highest BCUT2D eigenvalue weighted by Crippen LogP contribution is 2.39. The van der Waals surface area contributed by atoms with Gasteiger partial charge in [-0.15, -0.1) is 0 Å². The summed E-state index contributed by atoms with van der Waals surface area (Å²) in [5.41, 5.74) is 7.43. The lowest BCUT2D eigenvalue weighted by Crippen LogP contribution is -2.41. The van der Waals surface area contributed by atoms with E-state index in [1.54, 1.807) is 0 Å². The van der Waals surface area contributed by atoms with E-state index in [0.717, 1.165) is 28.1 Å². The third kappa shape index (κ3) is 3.15. The molecule has 2 N–H and O–H groups in total. The summed E-state index contributed by atoms with van der Waals surface area (Å²) in [7, 11) is -0.520. The average molecular weight is 337 g/mol. The number of carbonyl (C=O) groups excluding carboxylic acids is 1. The van der Waals surface area contributed by atoms with E-state index >= 15 is 0 Å². The zero-order chi connectivity index (χ0) is 18.2. The number of carbonyl (C=O) groups is 1. The van der Waals surface area contributed by atoms with E-state index in [0.29, 0.717) is 12.1 Å². The smallest absolute Gasteiger partial charge is 0.400 e. The largest absolute Gasteiger partial charge is 0.491 e. The number of hydrogen-bond donors (Lipinski definition) is 1. The molecule has 0 amide bonds. The van der Waals surface area contributed by atoms with Crippen LogP contribution in [0.3, 0.4) is 0 Å². The summed E-state index contributed by atoms with van der Waals surface area (Å²) in [6.07, 6.45) is 2.81. The third-order valence-corrected chi connectivity index (χ3v) is 5.25. The van der Waals surface area contributed by atoms with Crippen LogP contribution in [0.4, 0.5) is 0 Å². The molecule has 0 saturated carbocycles. The van der Waals surface area contributed by atoms with Crippen molar-refractivity contribution in [3.63, 3.8) is 0 Å². The van der Waals surface area contributed by atoms with Gasteiger partial charge in [0.2, 0.25) is 0 Å². The summed E-state index contributed by atoms with van der Waals surface area (Å²) in [4.78, 5) is 11.5. The van der Waals surface area contributed by atoms with Crippen molar-refractivity contribution < 1.29 is 14.1 Å². The summed E-state index contributed by atoms with van der Waals surface area (Å²) in [6.45, 7) is 8.33. The monoisotopic (exact) mass is 337 g/mol. The Hall–Kier alpha value is -1.95. The average Bonchev–Trinajstić information content (AvgIpc) is 2.80. The number of hydrogen-bond acceptors (Lipinski definition) is 4. The Balaban J connectivity index is 2.10. The lowest BCUT2D eigenvalue weighted by atomic mass is 9.76. The van der Waals surface area contributed by atoms with Crippen LogP contribution in [0.15, 0.2) is 41.9 Å². The first-order valence-electron chi connectivity index (χ1n) is 8.52. The minimum absolute atomic E-state index is 0.290. The van der Waals surface area contributed by atoms with Crippen LogP contribution in [-0.2, 0) is 9.31 Å². The van der Waals surface area contributed by atoms with Crippen molar-refractivity contribution in [2.45, 2.75) is 38.9 Å². The van der Waals surface area contributed by atoms with E-state index in [-0.39, 0.29) is 0 Å². The second-order valence-electron chi connectivity index (χ2n) is 7.42. The molecule has 1 heterocycles. The zero-order valence-corrected chi connectivity index (χ0v) is 15.2. The highest BCUT2D eigenvalue weighted by molar-refractivity contribution is 6.56. The van der Waals surface area contributed by atoms with Gasteiger partial charge in [0.25, 0.3) is 0 Å². The van der Waals surface area contributed by atoms with E-state index in [1.807, 2.05) is 70.2 Å². The maximum Gasteiger partial charge on any atom is 0.491 e. The summed E-state index contributed by atoms with van der Waals surface area (Å²) >= 11 is 0. The van der Waals surface area contributed by atoms with Crippen molar-refractivity contribution >= 4 is 30.3 Å². The second kappa shape index (κ2) is 6.41. The molecular weight excluding hydrogens is 313 g/mol. The highest BCUT2D eigenvalue weighted by atomic mass is 16.7. The van der Waals surface area contributed by atoms with Gasteiger partial charge in [-0.05, 0) is 49.5 Å². The van der Waals surface area contributed by atoms with Gasteiger partial charge in [0, 0.05) is 12.1 Å². The lowest BCUT2D eigenvalue weighted by molar-refractivity contribution is 0.00578. The Morgan fingerprint density at radius 2 is 1.72 bits per heavy atom. The molecule has 0 spiro atoms. The van der Waals surface area contributed by atoms with Crippen molar-refractivity contribution in [2.75, 3.05) is 6.54 Å². The van der Waals surface area contributed by atoms with Gasteiger partial charge in [0.1, 0.15) is 0 Å². The van der Waals surface area contributed by atoms with E-state index in [4.69, 9.17) is 15.0 Å². The van der Waals surface area contributed by atoms with Crippen LogP contribution in [-0.4, -0.2) is 31.2 Å². The molecule has 0 bridgehead atoms. The molecule has 25 heavy (non-hydrogen) atoms. The lowest BCUT2D eigenvalue weighted by Gasteiger charge is -2.32. The number of benzene rings is 2. The Labute approximate surface area is 149 Å². The third-order valence-electron chi connectivity index (χ3n) is 5.25. The van der Waals surface area contributed by atoms with Gasteiger partial charge >= 0.3 is 7.12 Å². The highest BCUT2D eigenvalue weighted by Gasteiger charge is 2.52. The Morgan fingerprint density at radius 3 is 2.32 bits per heavy atom. The van der Waals surface area contributed by atoms with Crippen molar-refractivity contribution in [3.8, 4) is 0 Å². The van der Waals surface area contributed by atoms with Gasteiger partial charge < -0.3 is 15.0 Å². The van der Waals surface area contributed by atoms with Crippen LogP contribution in [0, 0.1) is 0 Å². The molecule has 1 saturated heterocycles. The predicted molar refractivity (Wildman–Crippen MR) is 102 cm³/mol. The van der Waals surface area contributed by atoms with Gasteiger partial charge in [-0.1, -0.05) is 42.5 Å². The van der Waals surface area contributed by atoms with E-state index < -0.39 is 18.3 Å². The number of nitrogens with two attached hydrogens (primary N) is 1. The molecular formula is C20H24BNO3. The molecule has 0 radical (unpaired) electrons. The van der Waals surface area contributed by atoms with Crippen LogP contribution in [0.2, 0.25) is 0 Å². The van der Waals surface area contributed by atoms with E-state index in [2.05, 4.69) is 0 Å². The van der Waals surface area contributed by atoms with Crippen molar-refractivity contribution in [1.82, 2.24) is 0 Å². The van der Waals surface area contributed by atoms with Crippen molar-refractivity contribution in [1.29, 1.82) is 0 Å². The normalized spacial score (nSPS) is 19.4. The number of rotatable bonds is 4. The maximum absolute atomic E-state index is 11.5. The summed E-state index contributed by atoms with van der Waals surface area (Å²) in [6, 6.07) is 11.8. The summed E-state index contributed by atoms with van der Waals surface area (Å²) in [5, 5.41) is 2.08. The molecule has 0 aliphatic carbocycles. The SMILES string of the molecule is CC1(C)OB(C(=Cc2c(C=O)ccc3ccccc23)CN)OC1(C)C. The molecule has 2 aromatic rings. The van der Waals surface area contributed by atoms with Crippen LogP contribution in [0.5, 0.6) is 0 Å². The molecule has 2 aromatic carbocycles. The Bertz CT molecular complexity index is 826. The predicted octanol–water partition coefficient (Wildman–Crippen LogP) is 3.63. The Morgan fingerprint density at radius 1 is 1.08 bits per heavy atom. The van der Waals surface area contributed by atoms with Crippen molar-refractivity contribution in [3.05, 3.63) is 53.0 Å². The standard InChI is InChI=1S/C20H24BNO3/c1-19(2)20(3,4)25-21(24-19)16(12-22)11-18-15(13-23)10-9-14-7-5-6-8-17(14)18/h5-11,13H,12,22H2,1-4H3. The molecule has 1 aliphatic rings. The fraction of sp³-hybridized carbons (Fsp3) is 0.350. The van der Waals surface area contributed by atoms with Crippen LogP contribution >= 0.6 is 0 Å². The first kappa shape index (κ1) is 17.9. The Kier molecular flexibility index (Phi) is 4.58. The first-order valence-corrected chi connectivity index (χ1v) is 8.52. The van der Waals surface area contributed by atoms with Gasteiger partial charge in [-0.2, -0.15) is 0 Å². The topological polar surface area (TPSA) is 61.5 Å². The quantitative estimate of drug-likeness (QED) is 0.684. The minimum atomic E-state index is -0.520. The zero-order valence-electron chi connectivity index (χ0n) is 15.2. The fourth-order valence-corrected chi connectivity index (χ4v) is 2.98.